The van der Waals surface area contributed by atoms with E-state index in [0.29, 0.717) is 19.4 Å². The van der Waals surface area contributed by atoms with E-state index < -0.39 is 24.2 Å². The summed E-state index contributed by atoms with van der Waals surface area (Å²) in [6.07, 6.45) is 3.34. The van der Waals surface area contributed by atoms with Crippen molar-refractivity contribution in [3.8, 4) is 0 Å². The number of ether oxygens (including phenoxy) is 2. The first-order valence-electron chi connectivity index (χ1n) is 9.20. The predicted octanol–water partition coefficient (Wildman–Crippen LogP) is 1.25. The quantitative estimate of drug-likeness (QED) is 0.134. The van der Waals surface area contributed by atoms with E-state index in [4.69, 9.17) is 40.1 Å². The highest BCUT2D eigenvalue weighted by Gasteiger charge is 2.09. The van der Waals surface area contributed by atoms with Crippen molar-refractivity contribution in [2.24, 2.45) is 5.92 Å². The molecule has 0 aromatic heterocycles. The molecule has 0 radical (unpaired) electrons. The van der Waals surface area contributed by atoms with Crippen molar-refractivity contribution in [1.29, 1.82) is 0 Å². The van der Waals surface area contributed by atoms with Crippen LogP contribution in [0.15, 0.2) is 37.6 Å². The molecule has 0 rings (SSSR count). The largest absolute Gasteiger partial charge is 0.478 e. The van der Waals surface area contributed by atoms with Crippen LogP contribution in [0, 0.1) is 5.92 Å². The van der Waals surface area contributed by atoms with Crippen LogP contribution in [0.1, 0.15) is 33.1 Å². The Morgan fingerprint density at radius 1 is 0.968 bits per heavy atom. The lowest BCUT2D eigenvalue weighted by atomic mass is 10.1. The van der Waals surface area contributed by atoms with Crippen LogP contribution in [-0.2, 0) is 23.9 Å². The van der Waals surface area contributed by atoms with Crippen molar-refractivity contribution >= 4 is 17.9 Å². The van der Waals surface area contributed by atoms with Gasteiger partial charge in [0.05, 0.1) is 6.61 Å². The molecule has 1 unspecified atom stereocenters. The molecule has 11 nitrogen and oxygen atoms in total. The maximum atomic E-state index is 10.2. The third-order valence-electron chi connectivity index (χ3n) is 2.74. The van der Waals surface area contributed by atoms with Crippen molar-refractivity contribution in [1.82, 2.24) is 0 Å². The molecule has 0 fully saturated rings. The van der Waals surface area contributed by atoms with Crippen molar-refractivity contribution < 1.29 is 54.5 Å². The number of carbonyl (C=O) groups is 3. The Balaban J connectivity index is -0.000000169. The Kier molecular flexibility index (Phi) is 31.4. The third kappa shape index (κ3) is 38.5. The molecule has 0 aromatic rings. The molecule has 0 aliphatic carbocycles. The topological polar surface area (TPSA) is 191 Å². The Morgan fingerprint density at radius 3 is 1.65 bits per heavy atom. The highest BCUT2D eigenvalue weighted by molar-refractivity contribution is 5.83. The molecule has 0 aliphatic heterocycles. The number of hydrogen-bond acceptors (Lipinski definition) is 8. The number of carboxylic acids is 3. The molecular weight excluding hydrogens is 416 g/mol. The molecular formula is C20H36O11. The first kappa shape index (κ1) is 35.7. The van der Waals surface area contributed by atoms with E-state index in [2.05, 4.69) is 19.7 Å². The predicted molar refractivity (Wildman–Crippen MR) is 113 cm³/mol. The van der Waals surface area contributed by atoms with Gasteiger partial charge in [-0.25, -0.2) is 14.4 Å². The second kappa shape index (κ2) is 27.3. The standard InChI is InChI=1S/C8H14O4.C6H14O3.2C3H4O2/c1-4-5-11-7(3)12-6(2)8(9)10;7-3-1-2-6(4-8)5-9;2*1-2-3(4)5/h7H,2,4-5H2,1,3H3,(H,9,10);6-9H,1-5H2;2*2H,1H2,(H,4,5). The summed E-state index contributed by atoms with van der Waals surface area (Å²) in [6.45, 7) is 13.4. The summed E-state index contributed by atoms with van der Waals surface area (Å²) in [5.74, 6) is -3.47. The van der Waals surface area contributed by atoms with Crippen LogP contribution in [0.5, 0.6) is 0 Å². The van der Waals surface area contributed by atoms with Crippen LogP contribution >= 0.6 is 0 Å². The SMILES string of the molecule is C=C(OC(C)OCCC)C(=O)O.C=CC(=O)O.C=CC(=O)O.OCCCC(CO)CO. The monoisotopic (exact) mass is 452 g/mol. The van der Waals surface area contributed by atoms with Crippen molar-refractivity contribution in [2.75, 3.05) is 26.4 Å². The number of aliphatic hydroxyl groups excluding tert-OH is 3. The van der Waals surface area contributed by atoms with E-state index in [1.54, 1.807) is 6.92 Å². The summed E-state index contributed by atoms with van der Waals surface area (Å²) in [7, 11) is 0. The lowest BCUT2D eigenvalue weighted by molar-refractivity contribution is -0.148. The average molecular weight is 452 g/mol. The van der Waals surface area contributed by atoms with Crippen molar-refractivity contribution in [2.45, 2.75) is 39.4 Å². The number of aliphatic hydroxyl groups is 3. The minimum atomic E-state index is -1.16. The van der Waals surface area contributed by atoms with E-state index in [0.717, 1.165) is 18.6 Å². The number of hydrogen-bond donors (Lipinski definition) is 6. The average Bonchev–Trinajstić information content (AvgIpc) is 2.74. The van der Waals surface area contributed by atoms with Gasteiger partial charge in [0.1, 0.15) is 0 Å². The second-order valence-corrected chi connectivity index (χ2v) is 5.47. The lowest BCUT2D eigenvalue weighted by Gasteiger charge is -2.13. The molecule has 11 heteroatoms. The summed E-state index contributed by atoms with van der Waals surface area (Å²) < 4.78 is 9.86. The molecule has 31 heavy (non-hydrogen) atoms. The Bertz CT molecular complexity index is 481. The zero-order valence-electron chi connectivity index (χ0n) is 18.1. The Labute approximate surface area is 182 Å². The fraction of sp³-hybridized carbons (Fsp3) is 0.550. The van der Waals surface area contributed by atoms with Gasteiger partial charge in [-0.2, -0.15) is 0 Å². The van der Waals surface area contributed by atoms with Crippen LogP contribution in [0.3, 0.4) is 0 Å². The summed E-state index contributed by atoms with van der Waals surface area (Å²) in [5, 5.41) is 48.9. The highest BCUT2D eigenvalue weighted by atomic mass is 16.7. The fourth-order valence-electron chi connectivity index (χ4n) is 1.19. The number of aliphatic carboxylic acids is 3. The minimum absolute atomic E-state index is 0.0104. The van der Waals surface area contributed by atoms with Crippen molar-refractivity contribution in [3.63, 3.8) is 0 Å². The van der Waals surface area contributed by atoms with Gasteiger partial charge in [0, 0.05) is 37.9 Å². The first-order chi connectivity index (χ1) is 14.5. The second-order valence-electron chi connectivity index (χ2n) is 5.47. The van der Waals surface area contributed by atoms with E-state index in [1.807, 2.05) is 6.92 Å². The van der Waals surface area contributed by atoms with Gasteiger partial charge < -0.3 is 40.1 Å². The molecule has 0 spiro atoms. The summed E-state index contributed by atoms with van der Waals surface area (Å²) in [5.41, 5.74) is 0. The highest BCUT2D eigenvalue weighted by Crippen LogP contribution is 2.03. The molecule has 0 saturated heterocycles. The normalized spacial score (nSPS) is 9.87. The number of carboxylic acid groups (broad SMARTS) is 3. The molecule has 182 valence electrons. The molecule has 0 amide bonds. The summed E-state index contributed by atoms with van der Waals surface area (Å²) in [4.78, 5) is 28.7. The van der Waals surface area contributed by atoms with Crippen LogP contribution in [0.25, 0.3) is 0 Å². The fourth-order valence-corrected chi connectivity index (χ4v) is 1.19. The van der Waals surface area contributed by atoms with Gasteiger partial charge in [-0.3, -0.25) is 0 Å². The van der Waals surface area contributed by atoms with Gasteiger partial charge in [0.15, 0.2) is 12.0 Å². The van der Waals surface area contributed by atoms with Crippen molar-refractivity contribution in [3.05, 3.63) is 37.6 Å². The van der Waals surface area contributed by atoms with E-state index in [-0.39, 0.29) is 31.5 Å². The van der Waals surface area contributed by atoms with Crippen LogP contribution in [0.4, 0.5) is 0 Å². The maximum absolute atomic E-state index is 10.2. The van der Waals surface area contributed by atoms with Crippen LogP contribution in [-0.4, -0.2) is 81.3 Å². The first-order valence-corrected chi connectivity index (χ1v) is 9.20. The Morgan fingerprint density at radius 2 is 1.39 bits per heavy atom. The van der Waals surface area contributed by atoms with Gasteiger partial charge in [-0.15, -0.1) is 0 Å². The van der Waals surface area contributed by atoms with Gasteiger partial charge in [0.25, 0.3) is 0 Å². The smallest absolute Gasteiger partial charge is 0.370 e. The summed E-state index contributed by atoms with van der Waals surface area (Å²) in [6, 6.07) is 0. The zero-order chi connectivity index (χ0) is 25.2. The molecule has 1 atom stereocenters. The van der Waals surface area contributed by atoms with E-state index in [1.165, 1.54) is 0 Å². The van der Waals surface area contributed by atoms with Crippen LogP contribution in [0.2, 0.25) is 0 Å². The maximum Gasteiger partial charge on any atom is 0.370 e. The van der Waals surface area contributed by atoms with Gasteiger partial charge in [-0.05, 0) is 32.8 Å². The zero-order valence-corrected chi connectivity index (χ0v) is 18.1. The van der Waals surface area contributed by atoms with Crippen LogP contribution < -0.4 is 0 Å². The summed E-state index contributed by atoms with van der Waals surface area (Å²) >= 11 is 0. The molecule has 0 aromatic carbocycles. The lowest BCUT2D eigenvalue weighted by Crippen LogP contribution is -2.16. The molecule has 0 bridgehead atoms. The molecule has 0 aliphatic rings. The molecule has 0 saturated carbocycles. The molecule has 0 heterocycles. The Hall–Kier alpha value is -2.73. The van der Waals surface area contributed by atoms with Gasteiger partial charge >= 0.3 is 17.9 Å². The van der Waals surface area contributed by atoms with E-state index >= 15 is 0 Å². The van der Waals surface area contributed by atoms with Gasteiger partial charge in [0.2, 0.25) is 0 Å². The van der Waals surface area contributed by atoms with Gasteiger partial charge in [-0.1, -0.05) is 20.1 Å². The number of rotatable bonds is 13. The minimum Gasteiger partial charge on any atom is -0.478 e. The molecule has 6 N–H and O–H groups in total. The van der Waals surface area contributed by atoms with E-state index in [9.17, 15) is 14.4 Å². The third-order valence-corrected chi connectivity index (χ3v) is 2.74.